The van der Waals surface area contributed by atoms with Crippen LogP contribution in [-0.4, -0.2) is 48.3 Å². The maximum atomic E-state index is 11.6. The van der Waals surface area contributed by atoms with E-state index in [0.717, 1.165) is 40.7 Å². The number of carbonyl (C=O) groups excluding carboxylic acids is 1. The van der Waals surface area contributed by atoms with Crippen molar-refractivity contribution in [2.45, 2.75) is 45.8 Å². The van der Waals surface area contributed by atoms with Gasteiger partial charge in [-0.1, -0.05) is 44.2 Å². The van der Waals surface area contributed by atoms with Gasteiger partial charge in [-0.3, -0.25) is 4.79 Å². The molecule has 0 fully saturated rings. The van der Waals surface area contributed by atoms with Crippen molar-refractivity contribution in [3.05, 3.63) is 83.4 Å². The minimum Gasteiger partial charge on any atom is -0.490 e. The van der Waals surface area contributed by atoms with E-state index in [1.54, 1.807) is 12.1 Å². The van der Waals surface area contributed by atoms with Gasteiger partial charge in [-0.2, -0.15) is 0 Å². The maximum absolute atomic E-state index is 11.6. The zero-order valence-corrected chi connectivity index (χ0v) is 24.5. The number of allylic oxidation sites excluding steroid dienone is 1. The molecule has 9 nitrogen and oxygen atoms in total. The molecular formula is C31H36NO8P. The van der Waals surface area contributed by atoms with Crippen molar-refractivity contribution >= 4 is 25.7 Å². The number of likely N-dealkylation sites (N-methyl/N-ethyl adjacent to an activating group) is 1. The van der Waals surface area contributed by atoms with Gasteiger partial charge in [-0.25, -0.2) is 0 Å². The summed E-state index contributed by atoms with van der Waals surface area (Å²) in [5.41, 5.74) is 4.98. The van der Waals surface area contributed by atoms with Crippen LogP contribution >= 0.6 is 8.60 Å². The highest BCUT2D eigenvalue weighted by atomic mass is 31.2. The van der Waals surface area contributed by atoms with Gasteiger partial charge in [0.2, 0.25) is 6.79 Å². The Labute approximate surface area is 241 Å². The highest BCUT2D eigenvalue weighted by Crippen LogP contribution is 2.40. The molecule has 2 unspecified atom stereocenters. The average molecular weight is 582 g/mol. The molecule has 2 atom stereocenters. The van der Waals surface area contributed by atoms with Crippen LogP contribution in [0.4, 0.5) is 0 Å². The van der Waals surface area contributed by atoms with E-state index < -0.39 is 14.7 Å². The second-order valence-corrected chi connectivity index (χ2v) is 10.1. The Kier molecular flexibility index (Phi) is 10.6. The van der Waals surface area contributed by atoms with Crippen molar-refractivity contribution in [3.63, 3.8) is 0 Å². The number of carbonyl (C=O) groups is 1. The van der Waals surface area contributed by atoms with Crippen LogP contribution < -0.4 is 24.1 Å². The van der Waals surface area contributed by atoms with Crippen LogP contribution in [0.3, 0.4) is 0 Å². The topological polar surface area (TPSA) is 116 Å². The van der Waals surface area contributed by atoms with Gasteiger partial charge in [-0.15, -0.1) is 0 Å². The van der Waals surface area contributed by atoms with Crippen LogP contribution in [0.1, 0.15) is 50.3 Å². The molecule has 0 saturated heterocycles. The summed E-state index contributed by atoms with van der Waals surface area (Å²) in [5, 5.41) is 3.18. The molecule has 0 spiro atoms. The van der Waals surface area contributed by atoms with Crippen molar-refractivity contribution in [2.24, 2.45) is 0 Å². The van der Waals surface area contributed by atoms with Crippen LogP contribution in [0.2, 0.25) is 0 Å². The SMILES string of the molecule is CCC(=C(c1ccc(OCC(OC(C)=O)C(CC)NC)cc1)c1ccc(OP(O)O)cc1)c1ccc2c(c1)OCO2. The average Bonchev–Trinajstić information content (AvgIpc) is 3.44. The van der Waals surface area contributed by atoms with E-state index in [9.17, 15) is 14.6 Å². The molecule has 1 aliphatic rings. The molecule has 0 amide bonds. The predicted octanol–water partition coefficient (Wildman–Crippen LogP) is 5.68. The minimum atomic E-state index is -2.51. The van der Waals surface area contributed by atoms with Crippen LogP contribution in [0.5, 0.6) is 23.0 Å². The van der Waals surface area contributed by atoms with Gasteiger partial charge < -0.3 is 38.6 Å². The van der Waals surface area contributed by atoms with Gasteiger partial charge in [0, 0.05) is 13.0 Å². The Hall–Kier alpha value is -3.62. The molecule has 41 heavy (non-hydrogen) atoms. The second kappa shape index (κ2) is 14.3. The van der Waals surface area contributed by atoms with Crippen LogP contribution in [0.25, 0.3) is 11.1 Å². The molecular weight excluding hydrogens is 545 g/mol. The quantitative estimate of drug-likeness (QED) is 0.133. The first-order valence-electron chi connectivity index (χ1n) is 13.5. The lowest BCUT2D eigenvalue weighted by Crippen LogP contribution is -2.43. The standard InChI is InChI=1S/C31H36NO8P/c1-5-26(23-11-16-28-29(17-23)38-19-37-28)31(22-9-14-25(15-10-22)40-41(34)35)21-7-12-24(13-8-21)36-18-30(39-20(3)33)27(6-2)32-4/h7-17,27,30,32,34-35H,5-6,18-19H2,1-4H3. The normalized spacial score (nSPS) is 14.3. The smallest absolute Gasteiger partial charge is 0.391 e. The third-order valence-electron chi connectivity index (χ3n) is 6.84. The lowest BCUT2D eigenvalue weighted by molar-refractivity contribution is -0.149. The van der Waals surface area contributed by atoms with Crippen molar-refractivity contribution in [2.75, 3.05) is 20.4 Å². The summed E-state index contributed by atoms with van der Waals surface area (Å²) in [5.74, 6) is 2.09. The first-order valence-corrected chi connectivity index (χ1v) is 14.7. The molecule has 0 saturated carbocycles. The van der Waals surface area contributed by atoms with Crippen molar-refractivity contribution in [1.82, 2.24) is 5.32 Å². The van der Waals surface area contributed by atoms with Gasteiger partial charge in [0.1, 0.15) is 18.1 Å². The lowest BCUT2D eigenvalue weighted by Gasteiger charge is -2.25. The monoisotopic (exact) mass is 581 g/mol. The Balaban J connectivity index is 1.68. The fraction of sp³-hybridized carbons (Fsp3) is 0.323. The summed E-state index contributed by atoms with van der Waals surface area (Å²) in [6, 6.07) is 20.9. The van der Waals surface area contributed by atoms with E-state index in [1.807, 2.05) is 68.6 Å². The summed E-state index contributed by atoms with van der Waals surface area (Å²) in [7, 11) is -0.670. The van der Waals surface area contributed by atoms with Gasteiger partial charge in [0.25, 0.3) is 0 Å². The Morgan fingerprint density at radius 3 is 2.10 bits per heavy atom. The number of rotatable bonds is 13. The summed E-state index contributed by atoms with van der Waals surface area (Å²) >= 11 is 0. The molecule has 0 aliphatic carbocycles. The largest absolute Gasteiger partial charge is 0.490 e. The number of hydrogen-bond donors (Lipinski definition) is 3. The molecule has 3 aromatic rings. The van der Waals surface area contributed by atoms with Gasteiger partial charge in [0.15, 0.2) is 17.6 Å². The van der Waals surface area contributed by atoms with Crippen molar-refractivity contribution in [1.29, 1.82) is 0 Å². The molecule has 218 valence electrons. The number of benzene rings is 3. The molecule has 1 aliphatic heterocycles. The Morgan fingerprint density at radius 1 is 0.927 bits per heavy atom. The highest BCUT2D eigenvalue weighted by molar-refractivity contribution is 7.39. The van der Waals surface area contributed by atoms with Gasteiger partial charge in [-0.05, 0) is 84.1 Å². The first kappa shape index (κ1) is 30.3. The third-order valence-corrected chi connectivity index (χ3v) is 7.21. The second-order valence-electron chi connectivity index (χ2n) is 9.43. The molecule has 3 N–H and O–H groups in total. The Morgan fingerprint density at radius 2 is 1.54 bits per heavy atom. The Bertz CT molecular complexity index is 1340. The number of nitrogens with one attached hydrogen (secondary N) is 1. The maximum Gasteiger partial charge on any atom is 0.391 e. The highest BCUT2D eigenvalue weighted by Gasteiger charge is 2.23. The molecule has 4 rings (SSSR count). The first-order chi connectivity index (χ1) is 19.8. The van der Waals surface area contributed by atoms with Crippen LogP contribution in [0, 0.1) is 0 Å². The third kappa shape index (κ3) is 7.77. The summed E-state index contributed by atoms with van der Waals surface area (Å²) in [4.78, 5) is 30.1. The van der Waals surface area contributed by atoms with E-state index in [-0.39, 0.29) is 25.4 Å². The van der Waals surface area contributed by atoms with E-state index in [1.165, 1.54) is 6.92 Å². The van der Waals surface area contributed by atoms with Crippen molar-refractivity contribution < 1.29 is 38.1 Å². The van der Waals surface area contributed by atoms with E-state index >= 15 is 0 Å². The van der Waals surface area contributed by atoms with E-state index in [4.69, 9.17) is 23.5 Å². The van der Waals surface area contributed by atoms with E-state index in [2.05, 4.69) is 12.2 Å². The van der Waals surface area contributed by atoms with Crippen molar-refractivity contribution in [3.8, 4) is 23.0 Å². The van der Waals surface area contributed by atoms with Crippen LogP contribution in [0.15, 0.2) is 66.7 Å². The number of hydrogen-bond acceptors (Lipinski definition) is 9. The number of fused-ring (bicyclic) bond motifs is 1. The number of ether oxygens (including phenoxy) is 4. The summed E-state index contributed by atoms with van der Waals surface area (Å²) in [6.07, 6.45) is 1.10. The molecule has 0 radical (unpaired) electrons. The predicted molar refractivity (Wildman–Crippen MR) is 158 cm³/mol. The molecule has 10 heteroatoms. The minimum absolute atomic E-state index is 0.0262. The number of esters is 1. The van der Waals surface area contributed by atoms with Crippen LogP contribution in [-0.2, 0) is 9.53 Å². The molecule has 3 aromatic carbocycles. The molecule has 1 heterocycles. The lowest BCUT2D eigenvalue weighted by atomic mass is 9.88. The van der Waals surface area contributed by atoms with E-state index in [0.29, 0.717) is 23.0 Å². The fourth-order valence-electron chi connectivity index (χ4n) is 4.90. The summed E-state index contributed by atoms with van der Waals surface area (Å²) < 4.78 is 27.8. The fourth-order valence-corrected chi connectivity index (χ4v) is 5.21. The zero-order chi connectivity index (χ0) is 29.4. The molecule has 0 bridgehead atoms. The summed E-state index contributed by atoms with van der Waals surface area (Å²) in [6.45, 7) is 5.94. The van der Waals surface area contributed by atoms with Gasteiger partial charge >= 0.3 is 14.6 Å². The molecule has 0 aromatic heterocycles. The zero-order valence-electron chi connectivity index (χ0n) is 23.6. The van der Waals surface area contributed by atoms with Gasteiger partial charge in [0.05, 0.1) is 0 Å².